The third kappa shape index (κ3) is 11.9. The zero-order valence-electron chi connectivity index (χ0n) is 59.8. The molecule has 3 heterocycles. The van der Waals surface area contributed by atoms with Crippen molar-refractivity contribution in [1.29, 1.82) is 0 Å². The first-order chi connectivity index (χ1) is 43.7. The van der Waals surface area contributed by atoms with Crippen LogP contribution in [0.4, 0.5) is 0 Å². The van der Waals surface area contributed by atoms with Gasteiger partial charge in [0.25, 0.3) is 0 Å². The van der Waals surface area contributed by atoms with E-state index in [9.17, 15) is 39.3 Å². The van der Waals surface area contributed by atoms with Gasteiger partial charge in [-0.25, -0.2) is 14.4 Å². The molecule has 0 amide bonds. The number of halogens is 1. The Morgan fingerprint density at radius 3 is 1.28 bits per heavy atom. The zero-order chi connectivity index (χ0) is 69.6. The van der Waals surface area contributed by atoms with Crippen molar-refractivity contribution in [2.75, 3.05) is 0 Å². The summed E-state index contributed by atoms with van der Waals surface area (Å²) in [6.45, 7) is 40.6. The van der Waals surface area contributed by atoms with Crippen molar-refractivity contribution in [1.82, 2.24) is 0 Å². The second-order valence-electron chi connectivity index (χ2n) is 33.9. The Balaban J connectivity index is 0.000000173. The number of esters is 1. The number of carbonyl (C=O) groups is 2. The van der Waals surface area contributed by atoms with Gasteiger partial charge < -0.3 is 46.6 Å². The molecule has 16 nitrogen and oxygen atoms in total. The molecular formula is C75H112BBrNO15S. The van der Waals surface area contributed by atoms with Crippen molar-refractivity contribution in [2.24, 2.45) is 118 Å². The number of hydrogen-bond acceptors (Lipinski definition) is 16. The Kier molecular flexibility index (Phi) is 21.0. The van der Waals surface area contributed by atoms with Crippen LogP contribution in [0, 0.1) is 141 Å². The molecule has 0 aromatic carbocycles. The first-order valence-corrected chi connectivity index (χ1v) is 36.8. The maximum atomic E-state index is 14.2. The van der Waals surface area contributed by atoms with E-state index in [1.54, 1.807) is 27.7 Å². The van der Waals surface area contributed by atoms with Crippen molar-refractivity contribution < 1.29 is 56.1 Å². The Bertz CT molecular complexity index is 3510. The van der Waals surface area contributed by atoms with Gasteiger partial charge in [0.2, 0.25) is 0 Å². The normalized spacial score (nSPS) is 41.8. The van der Waals surface area contributed by atoms with E-state index in [1.807, 2.05) is 0 Å². The molecule has 0 unspecified atom stereocenters. The predicted molar refractivity (Wildman–Crippen MR) is 368 cm³/mol. The number of carboxylic acids is 1. The number of alkyl halides is 1. The molecule has 8 fully saturated rings. The van der Waals surface area contributed by atoms with Crippen LogP contribution in [0.1, 0.15) is 247 Å². The molecular weight excluding hydrogens is 1280 g/mol. The fraction of sp³-hybridized carbons (Fsp3) is 0.800. The van der Waals surface area contributed by atoms with Gasteiger partial charge in [-0.15, -0.1) is 0 Å². The molecule has 3 N–H and O–H groups in total. The van der Waals surface area contributed by atoms with E-state index < -0.39 is 34.3 Å². The number of carboxylic acid groups (broad SMARTS) is 1. The molecule has 0 aliphatic heterocycles. The van der Waals surface area contributed by atoms with Gasteiger partial charge in [0, 0.05) is 0 Å². The summed E-state index contributed by atoms with van der Waals surface area (Å²) in [5.41, 5.74) is 2.74. The molecule has 19 heteroatoms. The number of aliphatic hydroxyl groups is 2. The number of fused-ring (bicyclic) bond motifs is 14. The van der Waals surface area contributed by atoms with E-state index in [2.05, 4.69) is 167 Å². The molecule has 0 bridgehead atoms. The molecule has 0 saturated heterocycles. The number of thiol groups is 1. The van der Waals surface area contributed by atoms with Crippen LogP contribution in [-0.2, 0) is 26.3 Å². The van der Waals surface area contributed by atoms with Crippen LogP contribution in [0.2, 0.25) is 0 Å². The van der Waals surface area contributed by atoms with Crippen molar-refractivity contribution in [2.45, 2.75) is 264 Å². The van der Waals surface area contributed by atoms with E-state index in [0.29, 0.717) is 87.2 Å². The fourth-order valence-electron chi connectivity index (χ4n) is 23.4. The van der Waals surface area contributed by atoms with Crippen molar-refractivity contribution in [3.63, 3.8) is 0 Å². The second kappa shape index (κ2) is 26.6. The molecule has 10 aliphatic rings. The van der Waals surface area contributed by atoms with Crippen molar-refractivity contribution in [3.8, 4) is 0 Å². The summed E-state index contributed by atoms with van der Waals surface area (Å²) < 4.78 is 37.0. The van der Waals surface area contributed by atoms with Gasteiger partial charge in [-0.05, 0) is 246 Å². The number of hydrogen-bond donors (Lipinski definition) is 4. The van der Waals surface area contributed by atoms with Crippen molar-refractivity contribution in [3.05, 3.63) is 89.7 Å². The number of carbonyl (C=O) groups excluding carboxylic acids is 1. The van der Waals surface area contributed by atoms with E-state index in [4.69, 9.17) is 13.6 Å². The van der Waals surface area contributed by atoms with E-state index in [1.165, 1.54) is 30.4 Å². The fourth-order valence-corrected chi connectivity index (χ4v) is 23.9. The first kappa shape index (κ1) is 74.3. The summed E-state index contributed by atoms with van der Waals surface area (Å²) in [4.78, 5) is 59.0. The summed E-state index contributed by atoms with van der Waals surface area (Å²) in [6.07, 6.45) is 23.1. The molecule has 523 valence electrons. The molecule has 94 heavy (non-hydrogen) atoms. The van der Waals surface area contributed by atoms with E-state index in [0.717, 1.165) is 96.3 Å². The second-order valence-corrected chi connectivity index (χ2v) is 34.7. The SMILES string of the molecule is C[C@H]1[C@H](C)CC[C@]2(C(=O)O)CC[C@]3(C)C(=CC[C@@H]4[C@@]5(C)CC[C@H](O)C(C)(C)[C@@H]5CC[C@]43C)[C@H]12.Cc1oc(=O)oc1C.Cc1oc(=O)oc1CBr.Cc1oc(=O)oc1COC(=O)[C@]12CC[C@@H](C)[C@H](C)[C@H]1C1=CC[C@@H]3[C@@]4(C)CC[C@H](O)C(C)(C)[C@@H]4CC[C@@]3(C)[C@]1(C)CC2.[B]=NS. The van der Waals surface area contributed by atoms with Gasteiger partial charge in [-0.3, -0.25) is 9.59 Å². The molecule has 13 rings (SSSR count). The standard InChI is InChI=1S/C35H52O6.C30H48O3.C5H5BrO3.C5H6O3.BHNS/c1-20-11-16-35(29(37)39-19-24-22(3)40-30(38)41-24)18-17-33(7)23(28(35)21(20)2)9-10-26-32(6)14-13-27(36)31(4,5)25(32)12-15-34(26,33)8;1-18-10-15-30(25(32)33)17-16-28(6)20(24(30)19(18)2)8-9-22-27(5)13-12-23(31)26(3,4)21(27)11-14-29(22,28)7;1-3-4(2-6)9-5(7)8-3;1-3-4(2)8-5(6)7-3;1-2-3/h9,20-21,25-28,36H,10-19H2,1-8H3;8,18-19,21-24,31H,9-17H2,1-7H3,(H,32,33);2H2,1H3;1-2H3;3H/t20-,21+,25+,26-,27+,28+,32+,33-,34-,35+;18-,19+,21+,22-,23+,24+,27+,28-,29-,30+;;;/m11.../s1. The average Bonchev–Trinajstić information content (AvgIpc) is 0.775. The minimum absolute atomic E-state index is 0.0256. The van der Waals surface area contributed by atoms with Crippen LogP contribution in [-0.4, -0.2) is 47.1 Å². The first-order valence-electron chi connectivity index (χ1n) is 35.3. The van der Waals surface area contributed by atoms with Gasteiger partial charge in [0.05, 0.1) is 28.4 Å². The Morgan fingerprint density at radius 1 is 0.543 bits per heavy atom. The van der Waals surface area contributed by atoms with E-state index >= 15 is 0 Å². The Morgan fingerprint density at radius 2 is 0.915 bits per heavy atom. The van der Waals surface area contributed by atoms with Crippen LogP contribution in [0.5, 0.6) is 0 Å². The van der Waals surface area contributed by atoms with Gasteiger partial charge in [-0.1, -0.05) is 136 Å². The van der Waals surface area contributed by atoms with Gasteiger partial charge in [0.1, 0.15) is 17.3 Å². The van der Waals surface area contributed by atoms with Crippen molar-refractivity contribution >= 4 is 48.3 Å². The molecule has 20 atom stereocenters. The summed E-state index contributed by atoms with van der Waals surface area (Å²) in [7, 11) is 4.34. The third-order valence-electron chi connectivity index (χ3n) is 29.9. The number of ether oxygens (including phenoxy) is 1. The third-order valence-corrected chi connectivity index (χ3v) is 30.4. The van der Waals surface area contributed by atoms with Crippen LogP contribution in [0.15, 0.2) is 68.5 Å². The number of rotatable bonds is 5. The number of aryl methyl sites for hydroxylation is 4. The Labute approximate surface area is 573 Å². The number of allylic oxidation sites excluding steroid dienone is 4. The van der Waals surface area contributed by atoms with Crippen LogP contribution in [0.25, 0.3) is 0 Å². The Hall–Kier alpha value is -3.94. The summed E-state index contributed by atoms with van der Waals surface area (Å²) in [5.74, 6) is 4.69. The van der Waals surface area contributed by atoms with Gasteiger partial charge >= 0.3 is 54.2 Å². The van der Waals surface area contributed by atoms with Crippen LogP contribution < -0.4 is 17.5 Å². The average molecular weight is 1390 g/mol. The van der Waals surface area contributed by atoms with Crippen LogP contribution >= 0.6 is 28.7 Å². The molecule has 3 aromatic rings. The van der Waals surface area contributed by atoms with Gasteiger partial charge in [0.15, 0.2) is 23.9 Å². The summed E-state index contributed by atoms with van der Waals surface area (Å²) in [6, 6.07) is 0. The van der Waals surface area contributed by atoms with Gasteiger partial charge in [-0.2, -0.15) is 0 Å². The summed E-state index contributed by atoms with van der Waals surface area (Å²) in [5, 5.41) is 32.9. The minimum atomic E-state index is -0.757. The number of aliphatic carboxylic acids is 1. The summed E-state index contributed by atoms with van der Waals surface area (Å²) >= 11 is 6.32. The molecule has 8 saturated carbocycles. The number of nitrogens with zero attached hydrogens (tertiary/aromatic N) is 1. The maximum absolute atomic E-state index is 14.2. The molecule has 3 aromatic heterocycles. The molecule has 1 radical (unpaired) electrons. The molecule has 0 spiro atoms. The number of aliphatic hydroxyl groups excluding tert-OH is 2. The monoisotopic (exact) mass is 1390 g/mol. The van der Waals surface area contributed by atoms with E-state index in [-0.39, 0.29) is 79.9 Å². The predicted octanol–water partition coefficient (Wildman–Crippen LogP) is 17.2. The molecule has 10 aliphatic carbocycles. The van der Waals surface area contributed by atoms with Crippen LogP contribution in [0.3, 0.4) is 0 Å². The quantitative estimate of drug-likeness (QED) is 0.0610. The zero-order valence-corrected chi connectivity index (χ0v) is 62.3. The topological polar surface area (TPSA) is 246 Å².